The van der Waals surface area contributed by atoms with Crippen molar-refractivity contribution in [2.45, 2.75) is 33.4 Å². The number of aryl methyl sites for hydroxylation is 2. The van der Waals surface area contributed by atoms with Crippen LogP contribution in [0.4, 0.5) is 4.39 Å². The van der Waals surface area contributed by atoms with Crippen LogP contribution in [0.5, 0.6) is 0 Å². The van der Waals surface area contributed by atoms with Gasteiger partial charge < -0.3 is 4.52 Å². The van der Waals surface area contributed by atoms with E-state index in [1.54, 1.807) is 34.4 Å². The van der Waals surface area contributed by atoms with Gasteiger partial charge in [0.05, 0.1) is 11.7 Å². The molecule has 0 aliphatic heterocycles. The Morgan fingerprint density at radius 1 is 1.24 bits per heavy atom. The van der Waals surface area contributed by atoms with Gasteiger partial charge in [-0.1, -0.05) is 17.3 Å². The fraction of sp³-hybridized carbons (Fsp3) is 0.273. The van der Waals surface area contributed by atoms with E-state index in [2.05, 4.69) is 36.9 Å². The number of benzene rings is 1. The highest BCUT2D eigenvalue weighted by Gasteiger charge is 2.21. The minimum atomic E-state index is -0.296. The number of hydrogen-bond acceptors (Lipinski definition) is 5. The molecule has 1 aromatic carbocycles. The van der Waals surface area contributed by atoms with Gasteiger partial charge in [-0.3, -0.25) is 4.90 Å². The first-order chi connectivity index (χ1) is 13.9. The largest absolute Gasteiger partial charge is 0.364 e. The molecule has 0 radical (unpaired) electrons. The molecule has 4 rings (SSSR count). The summed E-state index contributed by atoms with van der Waals surface area (Å²) >= 11 is 1.74. The smallest absolute Gasteiger partial charge is 0.148 e. The second kappa shape index (κ2) is 7.93. The monoisotopic (exact) mass is 410 g/mol. The number of rotatable bonds is 6. The lowest BCUT2D eigenvalue weighted by molar-refractivity contribution is 0.241. The molecule has 0 bridgehead atoms. The summed E-state index contributed by atoms with van der Waals surface area (Å²) in [5.41, 5.74) is 4.33. The minimum absolute atomic E-state index is 0.0729. The molecule has 0 amide bonds. The van der Waals surface area contributed by atoms with Crippen LogP contribution in [0.25, 0.3) is 16.9 Å². The van der Waals surface area contributed by atoms with Crippen LogP contribution in [-0.2, 0) is 6.54 Å². The molecule has 0 unspecified atom stereocenters. The van der Waals surface area contributed by atoms with Gasteiger partial charge in [-0.05, 0) is 46.0 Å². The highest BCUT2D eigenvalue weighted by molar-refractivity contribution is 7.12. The molecule has 29 heavy (non-hydrogen) atoms. The third-order valence-electron chi connectivity index (χ3n) is 5.15. The Kier molecular flexibility index (Phi) is 5.34. The Balaban J connectivity index is 1.75. The Hall–Kier alpha value is -2.77. The maximum Gasteiger partial charge on any atom is 0.148 e. The molecule has 0 fully saturated rings. The van der Waals surface area contributed by atoms with E-state index in [9.17, 15) is 4.39 Å². The molecule has 0 N–H and O–H groups in total. The Bertz CT molecular complexity index is 1120. The summed E-state index contributed by atoms with van der Waals surface area (Å²) in [6, 6.07) is 10.8. The van der Waals surface area contributed by atoms with Crippen LogP contribution in [0.2, 0.25) is 0 Å². The molecule has 7 heteroatoms. The molecule has 150 valence electrons. The molecule has 5 nitrogen and oxygen atoms in total. The fourth-order valence-corrected chi connectivity index (χ4v) is 4.37. The molecule has 3 aromatic heterocycles. The number of para-hydroxylation sites is 1. The van der Waals surface area contributed by atoms with Gasteiger partial charge >= 0.3 is 0 Å². The van der Waals surface area contributed by atoms with Crippen LogP contribution in [0, 0.1) is 19.7 Å². The van der Waals surface area contributed by atoms with E-state index in [0.717, 1.165) is 22.5 Å². The number of nitrogens with zero attached hydrogens (tertiary/aromatic N) is 4. The predicted molar refractivity (Wildman–Crippen MR) is 113 cm³/mol. The van der Waals surface area contributed by atoms with Crippen LogP contribution >= 0.6 is 11.3 Å². The van der Waals surface area contributed by atoms with Crippen molar-refractivity contribution in [1.29, 1.82) is 0 Å². The second-order valence-electron chi connectivity index (χ2n) is 7.24. The molecular weight excluding hydrogens is 387 g/mol. The Morgan fingerprint density at radius 3 is 2.69 bits per heavy atom. The van der Waals surface area contributed by atoms with Crippen LogP contribution in [-0.4, -0.2) is 26.9 Å². The van der Waals surface area contributed by atoms with Gasteiger partial charge in [0.15, 0.2) is 0 Å². The number of halogens is 1. The maximum atomic E-state index is 14.4. The molecular formula is C22H23FN4OS. The van der Waals surface area contributed by atoms with Gasteiger partial charge in [0.2, 0.25) is 0 Å². The Morgan fingerprint density at radius 2 is 2.03 bits per heavy atom. The van der Waals surface area contributed by atoms with Crippen molar-refractivity contribution in [2.75, 3.05) is 7.05 Å². The van der Waals surface area contributed by atoms with E-state index in [0.29, 0.717) is 12.2 Å². The highest BCUT2D eigenvalue weighted by atomic mass is 32.1. The van der Waals surface area contributed by atoms with Crippen LogP contribution in [0.1, 0.15) is 34.0 Å². The lowest BCUT2D eigenvalue weighted by Gasteiger charge is -2.22. The van der Waals surface area contributed by atoms with E-state index in [4.69, 9.17) is 9.62 Å². The number of hydrogen-bond donors (Lipinski definition) is 0. The number of aromatic nitrogens is 3. The van der Waals surface area contributed by atoms with Gasteiger partial charge in [-0.25, -0.2) is 9.07 Å². The van der Waals surface area contributed by atoms with Crippen molar-refractivity contribution in [2.24, 2.45) is 0 Å². The van der Waals surface area contributed by atoms with Crippen LogP contribution < -0.4 is 0 Å². The molecule has 0 aliphatic carbocycles. The average molecular weight is 411 g/mol. The van der Waals surface area contributed by atoms with Crippen molar-refractivity contribution in [3.63, 3.8) is 0 Å². The van der Waals surface area contributed by atoms with Gasteiger partial charge in [0.25, 0.3) is 0 Å². The summed E-state index contributed by atoms with van der Waals surface area (Å²) in [6.07, 6.45) is 3.50. The molecule has 0 spiro atoms. The number of thiophene rings is 1. The van der Waals surface area contributed by atoms with Gasteiger partial charge in [0.1, 0.15) is 23.5 Å². The lowest BCUT2D eigenvalue weighted by Crippen LogP contribution is -2.22. The molecule has 0 saturated heterocycles. The van der Waals surface area contributed by atoms with E-state index >= 15 is 0 Å². The van der Waals surface area contributed by atoms with Crippen molar-refractivity contribution in [3.05, 3.63) is 75.7 Å². The molecule has 4 aromatic rings. The molecule has 0 aliphatic rings. The van der Waals surface area contributed by atoms with Crippen LogP contribution in [0.15, 0.2) is 53.4 Å². The Labute approximate surface area is 173 Å². The van der Waals surface area contributed by atoms with E-state index < -0.39 is 0 Å². The van der Waals surface area contributed by atoms with Gasteiger partial charge in [0, 0.05) is 39.7 Å². The average Bonchev–Trinajstić information content (AvgIpc) is 3.42. The summed E-state index contributed by atoms with van der Waals surface area (Å²) < 4.78 is 21.0. The fourth-order valence-electron chi connectivity index (χ4n) is 3.45. The summed E-state index contributed by atoms with van der Waals surface area (Å²) in [5, 5.41) is 8.84. The van der Waals surface area contributed by atoms with Gasteiger partial charge in [-0.2, -0.15) is 5.10 Å². The van der Waals surface area contributed by atoms with E-state index in [1.165, 1.54) is 15.8 Å². The standard InChI is InChI=1S/C22H23FN4OS/c1-14-11-18(16(3)29-14)22-17(12-26(4)15(2)20-9-10-28-25-20)13-27(24-22)21-8-6-5-7-19(21)23/h5-11,13,15H,12H2,1-4H3/t15-/m0/s1. The zero-order valence-electron chi connectivity index (χ0n) is 16.9. The third-order valence-corrected chi connectivity index (χ3v) is 6.12. The van der Waals surface area contributed by atoms with Crippen molar-refractivity contribution >= 4 is 11.3 Å². The highest BCUT2D eigenvalue weighted by Crippen LogP contribution is 2.34. The third kappa shape index (κ3) is 3.88. The zero-order valence-corrected chi connectivity index (χ0v) is 17.7. The van der Waals surface area contributed by atoms with E-state index in [1.807, 2.05) is 25.4 Å². The normalized spacial score (nSPS) is 12.6. The quantitative estimate of drug-likeness (QED) is 0.419. The minimum Gasteiger partial charge on any atom is -0.364 e. The topological polar surface area (TPSA) is 47.1 Å². The van der Waals surface area contributed by atoms with Crippen molar-refractivity contribution in [3.8, 4) is 16.9 Å². The molecule has 0 saturated carbocycles. The van der Waals surface area contributed by atoms with Crippen molar-refractivity contribution in [1.82, 2.24) is 19.8 Å². The first-order valence-corrected chi connectivity index (χ1v) is 10.3. The van der Waals surface area contributed by atoms with Crippen molar-refractivity contribution < 1.29 is 8.91 Å². The van der Waals surface area contributed by atoms with Gasteiger partial charge in [-0.15, -0.1) is 11.3 Å². The second-order valence-corrected chi connectivity index (χ2v) is 8.70. The van der Waals surface area contributed by atoms with Crippen LogP contribution in [0.3, 0.4) is 0 Å². The lowest BCUT2D eigenvalue weighted by atomic mass is 10.1. The first-order valence-electron chi connectivity index (χ1n) is 9.45. The SMILES string of the molecule is Cc1cc(-c2nn(-c3ccccc3F)cc2CN(C)[C@@H](C)c2ccon2)c(C)s1. The zero-order chi connectivity index (χ0) is 20.5. The molecule has 1 atom stereocenters. The summed E-state index contributed by atoms with van der Waals surface area (Å²) in [6.45, 7) is 6.92. The first kappa shape index (κ1) is 19.5. The molecule has 3 heterocycles. The maximum absolute atomic E-state index is 14.4. The summed E-state index contributed by atoms with van der Waals surface area (Å²) in [5.74, 6) is -0.296. The van der Waals surface area contributed by atoms with E-state index in [-0.39, 0.29) is 11.9 Å². The summed E-state index contributed by atoms with van der Waals surface area (Å²) in [4.78, 5) is 4.61. The predicted octanol–water partition coefficient (Wildman–Crippen LogP) is 5.54. The summed E-state index contributed by atoms with van der Waals surface area (Å²) in [7, 11) is 2.04.